The first-order valence-corrected chi connectivity index (χ1v) is 8.05. The lowest BCUT2D eigenvalue weighted by molar-refractivity contribution is -0.137. The van der Waals surface area contributed by atoms with Crippen LogP contribution in [-0.4, -0.2) is 56.2 Å². The molecule has 0 amide bonds. The van der Waals surface area contributed by atoms with Gasteiger partial charge < -0.3 is 14.5 Å². The average molecular weight is 330 g/mol. The molecule has 2 rings (SSSR count). The standard InChI is InChI=1S/C17H25F3N2O/c1-21(2)15-7-4-9-22(13-15)10-5-11-23-16-8-3-6-14(12-16)17(18,19)20/h3,6,8,12,15H,4-5,7,9-11,13H2,1-2H3. The van der Waals surface area contributed by atoms with Gasteiger partial charge in [0.05, 0.1) is 12.2 Å². The highest BCUT2D eigenvalue weighted by molar-refractivity contribution is 5.30. The van der Waals surface area contributed by atoms with Crippen molar-refractivity contribution in [1.29, 1.82) is 0 Å². The van der Waals surface area contributed by atoms with Crippen LogP contribution in [-0.2, 0) is 6.18 Å². The highest BCUT2D eigenvalue weighted by atomic mass is 19.4. The van der Waals surface area contributed by atoms with Crippen molar-refractivity contribution in [3.63, 3.8) is 0 Å². The van der Waals surface area contributed by atoms with Gasteiger partial charge in [-0.3, -0.25) is 0 Å². The molecule has 0 radical (unpaired) electrons. The maximum absolute atomic E-state index is 12.6. The lowest BCUT2D eigenvalue weighted by atomic mass is 10.0. The number of hydrogen-bond acceptors (Lipinski definition) is 3. The number of ether oxygens (including phenoxy) is 1. The molecule has 6 heteroatoms. The minimum Gasteiger partial charge on any atom is -0.494 e. The Morgan fingerprint density at radius 3 is 2.78 bits per heavy atom. The van der Waals surface area contributed by atoms with Crippen molar-refractivity contribution < 1.29 is 17.9 Å². The molecule has 1 aliphatic heterocycles. The highest BCUT2D eigenvalue weighted by Gasteiger charge is 2.30. The Labute approximate surface area is 136 Å². The van der Waals surface area contributed by atoms with E-state index < -0.39 is 11.7 Å². The van der Waals surface area contributed by atoms with E-state index in [-0.39, 0.29) is 5.75 Å². The third-order valence-corrected chi connectivity index (χ3v) is 4.26. The molecule has 0 N–H and O–H groups in total. The molecular weight excluding hydrogens is 305 g/mol. The smallest absolute Gasteiger partial charge is 0.416 e. The molecule has 1 aliphatic rings. The summed E-state index contributed by atoms with van der Waals surface area (Å²) >= 11 is 0. The van der Waals surface area contributed by atoms with Crippen molar-refractivity contribution >= 4 is 0 Å². The summed E-state index contributed by atoms with van der Waals surface area (Å²) in [4.78, 5) is 4.66. The second-order valence-corrected chi connectivity index (χ2v) is 6.29. The lowest BCUT2D eigenvalue weighted by Gasteiger charge is -2.36. The summed E-state index contributed by atoms with van der Waals surface area (Å²) in [6.07, 6.45) is -1.09. The van der Waals surface area contributed by atoms with Crippen molar-refractivity contribution in [2.24, 2.45) is 0 Å². The summed E-state index contributed by atoms with van der Waals surface area (Å²) in [5, 5.41) is 0. The Morgan fingerprint density at radius 1 is 1.30 bits per heavy atom. The molecule has 1 unspecified atom stereocenters. The molecule has 1 aromatic rings. The minimum absolute atomic E-state index is 0.282. The van der Waals surface area contributed by atoms with Gasteiger partial charge in [-0.05, 0) is 58.1 Å². The highest BCUT2D eigenvalue weighted by Crippen LogP contribution is 2.31. The molecule has 0 aromatic heterocycles. The fraction of sp³-hybridized carbons (Fsp3) is 0.647. The third-order valence-electron chi connectivity index (χ3n) is 4.26. The number of benzene rings is 1. The van der Waals surface area contributed by atoms with Gasteiger partial charge >= 0.3 is 6.18 Å². The first-order chi connectivity index (χ1) is 10.9. The topological polar surface area (TPSA) is 15.7 Å². The quantitative estimate of drug-likeness (QED) is 0.743. The summed E-state index contributed by atoms with van der Waals surface area (Å²) in [6.45, 7) is 3.50. The van der Waals surface area contributed by atoms with Crippen LogP contribution in [0.3, 0.4) is 0 Å². The van der Waals surface area contributed by atoms with Crippen molar-refractivity contribution in [2.75, 3.05) is 40.3 Å². The first kappa shape index (κ1) is 18.1. The van der Waals surface area contributed by atoms with Gasteiger partial charge in [0.15, 0.2) is 0 Å². The molecule has 1 aromatic carbocycles. The molecule has 0 bridgehead atoms. The van der Waals surface area contributed by atoms with Crippen LogP contribution >= 0.6 is 0 Å². The largest absolute Gasteiger partial charge is 0.494 e. The zero-order valence-electron chi connectivity index (χ0n) is 13.8. The Bertz CT molecular complexity index is 491. The normalized spacial score (nSPS) is 20.0. The monoisotopic (exact) mass is 330 g/mol. The van der Waals surface area contributed by atoms with Crippen LogP contribution in [0.1, 0.15) is 24.8 Å². The number of piperidine rings is 1. The molecule has 1 fully saturated rings. The van der Waals surface area contributed by atoms with Gasteiger partial charge in [-0.2, -0.15) is 13.2 Å². The van der Waals surface area contributed by atoms with Gasteiger partial charge in [-0.15, -0.1) is 0 Å². The predicted octanol–water partition coefficient (Wildman–Crippen LogP) is 3.50. The van der Waals surface area contributed by atoms with Crippen LogP contribution in [0.25, 0.3) is 0 Å². The molecule has 1 atom stereocenters. The molecular formula is C17H25F3N2O. The summed E-state index contributed by atoms with van der Waals surface area (Å²) in [7, 11) is 4.20. The maximum atomic E-state index is 12.6. The first-order valence-electron chi connectivity index (χ1n) is 8.05. The number of nitrogens with zero attached hydrogens (tertiary/aromatic N) is 2. The van der Waals surface area contributed by atoms with Crippen molar-refractivity contribution in [3.05, 3.63) is 29.8 Å². The zero-order valence-corrected chi connectivity index (χ0v) is 13.8. The Kier molecular flexibility index (Phi) is 6.30. The second-order valence-electron chi connectivity index (χ2n) is 6.29. The molecule has 0 spiro atoms. The molecule has 23 heavy (non-hydrogen) atoms. The lowest BCUT2D eigenvalue weighted by Crippen LogP contribution is -2.45. The van der Waals surface area contributed by atoms with E-state index in [9.17, 15) is 13.2 Å². The molecule has 0 saturated carbocycles. The van der Waals surface area contributed by atoms with Gasteiger partial charge in [0.1, 0.15) is 5.75 Å². The van der Waals surface area contributed by atoms with Crippen LogP contribution in [0.2, 0.25) is 0 Å². The summed E-state index contributed by atoms with van der Waals surface area (Å²) in [6, 6.07) is 5.65. The van der Waals surface area contributed by atoms with Crippen molar-refractivity contribution in [2.45, 2.75) is 31.5 Å². The van der Waals surface area contributed by atoms with Crippen LogP contribution in [0.5, 0.6) is 5.75 Å². The van der Waals surface area contributed by atoms with E-state index in [0.717, 1.165) is 38.2 Å². The number of halogens is 3. The van der Waals surface area contributed by atoms with Gasteiger partial charge in [-0.25, -0.2) is 0 Å². The van der Waals surface area contributed by atoms with Gasteiger partial charge in [0.25, 0.3) is 0 Å². The number of alkyl halides is 3. The maximum Gasteiger partial charge on any atom is 0.416 e. The van der Waals surface area contributed by atoms with Crippen LogP contribution in [0.15, 0.2) is 24.3 Å². The fourth-order valence-corrected chi connectivity index (χ4v) is 2.90. The van der Waals surface area contributed by atoms with Gasteiger partial charge in [-0.1, -0.05) is 6.07 Å². The van der Waals surface area contributed by atoms with Crippen LogP contribution in [0, 0.1) is 0 Å². The van der Waals surface area contributed by atoms with E-state index in [1.54, 1.807) is 6.07 Å². The van der Waals surface area contributed by atoms with Crippen molar-refractivity contribution in [3.8, 4) is 5.75 Å². The predicted molar refractivity (Wildman–Crippen MR) is 84.7 cm³/mol. The number of rotatable bonds is 6. The minimum atomic E-state index is -4.33. The molecule has 3 nitrogen and oxygen atoms in total. The van der Waals surface area contributed by atoms with E-state index >= 15 is 0 Å². The van der Waals surface area contributed by atoms with Gasteiger partial charge in [0, 0.05) is 19.1 Å². The second kappa shape index (κ2) is 8.02. The summed E-state index contributed by atoms with van der Waals surface area (Å²) < 4.78 is 43.4. The van der Waals surface area contributed by atoms with E-state index in [4.69, 9.17) is 4.74 Å². The van der Waals surface area contributed by atoms with E-state index in [2.05, 4.69) is 23.9 Å². The average Bonchev–Trinajstić information content (AvgIpc) is 2.51. The zero-order chi connectivity index (χ0) is 16.9. The number of hydrogen-bond donors (Lipinski definition) is 0. The van der Waals surface area contributed by atoms with E-state index in [1.807, 2.05) is 0 Å². The Balaban J connectivity index is 1.73. The van der Waals surface area contributed by atoms with E-state index in [0.29, 0.717) is 12.6 Å². The fourth-order valence-electron chi connectivity index (χ4n) is 2.90. The summed E-state index contributed by atoms with van der Waals surface area (Å²) in [5.74, 6) is 0.282. The van der Waals surface area contributed by atoms with Crippen LogP contribution < -0.4 is 4.74 Å². The number of likely N-dealkylation sites (N-methyl/N-ethyl adjacent to an activating group) is 1. The molecule has 130 valence electrons. The Hall–Kier alpha value is -1.27. The van der Waals surface area contributed by atoms with Gasteiger partial charge in [0.2, 0.25) is 0 Å². The molecule has 1 heterocycles. The van der Waals surface area contributed by atoms with E-state index in [1.165, 1.54) is 18.9 Å². The number of likely N-dealkylation sites (tertiary alicyclic amines) is 1. The van der Waals surface area contributed by atoms with Crippen molar-refractivity contribution in [1.82, 2.24) is 9.80 Å². The Morgan fingerprint density at radius 2 is 2.09 bits per heavy atom. The summed E-state index contributed by atoms with van der Waals surface area (Å²) in [5.41, 5.74) is -0.667. The molecule has 0 aliphatic carbocycles. The SMILES string of the molecule is CN(C)C1CCCN(CCCOc2cccc(C(F)(F)F)c2)C1. The third kappa shape index (κ3) is 5.70. The molecule has 1 saturated heterocycles. The van der Waals surface area contributed by atoms with Crippen LogP contribution in [0.4, 0.5) is 13.2 Å².